The Labute approximate surface area is 277 Å². The zero-order valence-electron chi connectivity index (χ0n) is 26.6. The Kier molecular flexibility index (Phi) is 19.6. The smallest absolute Gasteiger partial charge is 0.200 e. The fourth-order valence-electron chi connectivity index (χ4n) is 4.00. The van der Waals surface area contributed by atoms with Crippen molar-refractivity contribution in [2.45, 2.75) is 52.6 Å². The van der Waals surface area contributed by atoms with Crippen LogP contribution < -0.4 is 17.3 Å². The molecule has 1 fully saturated rings. The summed E-state index contributed by atoms with van der Waals surface area (Å²) in [5.41, 5.74) is 2.98. The number of carbonyl (C=O) groups is 1. The molecular formula is C31H49Cl3N4O2Zn. The number of aliphatic hydroxyl groups excluding tert-OH is 1. The van der Waals surface area contributed by atoms with Gasteiger partial charge in [-0.25, -0.2) is 4.58 Å². The molecule has 10 heteroatoms. The number of halogens is 3. The number of aliphatic hydroxyl groups is 1. The molecule has 0 unspecified atom stereocenters. The van der Waals surface area contributed by atoms with E-state index in [2.05, 4.69) is 33.8 Å². The summed E-state index contributed by atoms with van der Waals surface area (Å²) in [4.78, 5) is 19.2. The number of carbonyl (C=O) groups excluding carboxylic acids is 1. The molecule has 0 aromatic heterocycles. The van der Waals surface area contributed by atoms with Gasteiger partial charge in [0.25, 0.3) is 0 Å². The number of rotatable bonds is 6. The summed E-state index contributed by atoms with van der Waals surface area (Å²) in [5.74, 6) is 0.513. The first-order valence-electron chi connectivity index (χ1n) is 13.6. The number of ketones is 1. The second-order valence-corrected chi connectivity index (χ2v) is 11.6. The molecule has 0 bridgehead atoms. The zero-order valence-corrected chi connectivity index (χ0v) is 31.9. The predicted molar refractivity (Wildman–Crippen MR) is 169 cm³/mol. The standard InChI is InChI=1S/C28H40N4O2.C2H6.CH2Cl2.ClH.Zn/c1-27(2,29(5)6)25(33)21-9-13-23(14-10-21)31-17-19-32(20-18-31)24-15-11-22(12-16-24)26(34)28(3,4)30(7)8;1-2;2-1-3;;/h9-16H,17-20H2,1-8H3;1-2H3;1H2;1H;. The van der Waals surface area contributed by atoms with Crippen LogP contribution in [0.15, 0.2) is 59.9 Å². The molecule has 0 radical (unpaired) electrons. The maximum absolute atomic E-state index is 12.9. The Balaban J connectivity index is 0. The minimum absolute atomic E-state index is 0. The molecular weight excluding hydrogens is 632 g/mol. The van der Waals surface area contributed by atoms with Gasteiger partial charge in [-0.15, -0.1) is 23.2 Å². The molecule has 1 saturated heterocycles. The van der Waals surface area contributed by atoms with Crippen molar-refractivity contribution in [3.63, 3.8) is 0 Å². The molecule has 6 nitrogen and oxygen atoms in total. The van der Waals surface area contributed by atoms with Crippen LogP contribution >= 0.6 is 23.2 Å². The molecule has 1 aliphatic heterocycles. The van der Waals surface area contributed by atoms with Gasteiger partial charge in [0.15, 0.2) is 24.6 Å². The Bertz CT molecular complexity index is 1050. The van der Waals surface area contributed by atoms with Crippen molar-refractivity contribution in [3.8, 4) is 0 Å². The van der Waals surface area contributed by atoms with Crippen LogP contribution in [0.1, 0.15) is 51.9 Å². The number of benzene rings is 1. The van der Waals surface area contributed by atoms with E-state index in [1.54, 1.807) is 0 Å². The van der Waals surface area contributed by atoms with Crippen LogP contribution in [0.2, 0.25) is 0 Å². The van der Waals surface area contributed by atoms with Gasteiger partial charge < -0.3 is 22.4 Å². The van der Waals surface area contributed by atoms with Crippen molar-refractivity contribution < 1.29 is 46.4 Å². The van der Waals surface area contributed by atoms with Gasteiger partial charge >= 0.3 is 0 Å². The molecule has 1 heterocycles. The van der Waals surface area contributed by atoms with Crippen molar-refractivity contribution in [1.82, 2.24) is 9.80 Å². The van der Waals surface area contributed by atoms with Gasteiger partial charge in [0.05, 0.1) is 29.5 Å². The maximum atomic E-state index is 12.9. The van der Waals surface area contributed by atoms with E-state index in [1.165, 1.54) is 5.71 Å². The van der Waals surface area contributed by atoms with E-state index in [0.29, 0.717) is 5.76 Å². The van der Waals surface area contributed by atoms with E-state index >= 15 is 0 Å². The van der Waals surface area contributed by atoms with Gasteiger partial charge in [-0.3, -0.25) is 14.6 Å². The van der Waals surface area contributed by atoms with Crippen molar-refractivity contribution in [1.29, 1.82) is 0 Å². The van der Waals surface area contributed by atoms with Gasteiger partial charge in [0.2, 0.25) is 0 Å². The van der Waals surface area contributed by atoms with Gasteiger partial charge in [-0.1, -0.05) is 13.8 Å². The van der Waals surface area contributed by atoms with E-state index in [4.69, 9.17) is 23.2 Å². The Morgan fingerprint density at radius 2 is 1.29 bits per heavy atom. The van der Waals surface area contributed by atoms with E-state index in [0.717, 1.165) is 43.0 Å². The van der Waals surface area contributed by atoms with Gasteiger partial charge in [0.1, 0.15) is 5.76 Å². The van der Waals surface area contributed by atoms with Gasteiger partial charge in [0, 0.05) is 48.5 Å². The van der Waals surface area contributed by atoms with Crippen LogP contribution in [-0.2, 0) is 19.5 Å². The quantitative estimate of drug-likeness (QED) is 0.165. The third kappa shape index (κ3) is 11.1. The fourth-order valence-corrected chi connectivity index (χ4v) is 4.00. The van der Waals surface area contributed by atoms with Crippen LogP contribution in [0.5, 0.6) is 0 Å². The normalized spacial score (nSPS) is 14.9. The van der Waals surface area contributed by atoms with Gasteiger partial charge in [-0.2, -0.15) is 0 Å². The first kappa shape index (κ1) is 41.9. The summed E-state index contributed by atoms with van der Waals surface area (Å²) in [6.07, 6.45) is 8.21. The molecule has 41 heavy (non-hydrogen) atoms. The van der Waals surface area contributed by atoms with E-state index in [-0.39, 0.29) is 43.0 Å². The topological polar surface area (TPSA) is 50.0 Å². The van der Waals surface area contributed by atoms with Crippen LogP contribution in [0.4, 0.5) is 5.69 Å². The molecule has 1 aliphatic carbocycles. The summed E-state index contributed by atoms with van der Waals surface area (Å²) in [7, 11) is 7.82. The Morgan fingerprint density at radius 3 is 1.68 bits per heavy atom. The van der Waals surface area contributed by atoms with Crippen molar-refractivity contribution in [3.05, 3.63) is 65.5 Å². The Morgan fingerprint density at radius 1 is 0.878 bits per heavy atom. The van der Waals surface area contributed by atoms with E-state index in [9.17, 15) is 9.90 Å². The second kappa shape index (κ2) is 19.1. The number of nitrogens with zero attached hydrogens (tertiary/aromatic N) is 4. The number of Topliss-reactive ketones (excluding diaryl/α,β-unsaturated/α-hetero) is 1. The van der Waals surface area contributed by atoms with Gasteiger partial charge in [-0.05, 0) is 92.3 Å². The van der Waals surface area contributed by atoms with Crippen LogP contribution in [0.25, 0.3) is 0 Å². The zero-order chi connectivity index (χ0) is 30.0. The average molecular weight is 682 g/mol. The molecule has 1 N–H and O–H groups in total. The summed E-state index contributed by atoms with van der Waals surface area (Å²) >= 11 is 9.53. The maximum Gasteiger partial charge on any atom is 0.200 e. The van der Waals surface area contributed by atoms with Crippen molar-refractivity contribution in [2.75, 3.05) is 64.6 Å². The summed E-state index contributed by atoms with van der Waals surface area (Å²) in [5, 5.41) is 10.9. The van der Waals surface area contributed by atoms with Crippen LogP contribution in [-0.4, -0.2) is 102 Å². The molecule has 0 amide bonds. The monoisotopic (exact) mass is 678 g/mol. The first-order valence-corrected chi connectivity index (χ1v) is 14.6. The fraction of sp³-hybridized carbons (Fsp3) is 0.548. The number of piperazine rings is 1. The molecule has 1 aromatic rings. The molecule has 1 aromatic carbocycles. The molecule has 228 valence electrons. The third-order valence-corrected chi connectivity index (χ3v) is 7.65. The Hall–Kier alpha value is -1.21. The molecule has 2 aliphatic rings. The van der Waals surface area contributed by atoms with Crippen molar-refractivity contribution in [2.24, 2.45) is 0 Å². The largest absolute Gasteiger partial charge is 1.00 e. The number of likely N-dealkylation sites (N-methyl/N-ethyl adjacent to an activating group) is 2. The second-order valence-electron chi connectivity index (χ2n) is 10.8. The summed E-state index contributed by atoms with van der Waals surface area (Å²) in [6.45, 7) is 15.6. The van der Waals surface area contributed by atoms with Crippen molar-refractivity contribution >= 4 is 40.4 Å². The number of allylic oxidation sites excluding steroid dienone is 5. The minimum Gasteiger partial charge on any atom is -1.00 e. The minimum atomic E-state index is -0.528. The molecule has 3 rings (SSSR count). The van der Waals surface area contributed by atoms with Crippen LogP contribution in [0, 0.1) is 0 Å². The SMILES string of the molecule is CC.CN(C)C(C)(C)C(=O)c1ccc(N2CC[N+](=C3C=CC(=C(O)C(C)(C)N(C)C)C=C3)CC2)cc1.ClCCl.[Cl-].[Zn]. The predicted octanol–water partition coefficient (Wildman–Crippen LogP) is 3.21. The average Bonchev–Trinajstić information content (AvgIpc) is 2.94. The number of anilines is 1. The third-order valence-electron chi connectivity index (χ3n) is 7.65. The summed E-state index contributed by atoms with van der Waals surface area (Å²) in [6, 6.07) is 8.03. The first-order chi connectivity index (χ1) is 18.3. The molecule has 0 atom stereocenters. The number of alkyl halides is 2. The van der Waals surface area contributed by atoms with E-state index in [1.807, 2.05) is 104 Å². The molecule has 0 saturated carbocycles. The number of hydrogen-bond acceptors (Lipinski definition) is 5. The van der Waals surface area contributed by atoms with E-state index < -0.39 is 11.1 Å². The summed E-state index contributed by atoms with van der Waals surface area (Å²) < 4.78 is 2.38. The number of hydrogen-bond donors (Lipinski definition) is 1. The molecule has 0 spiro atoms. The van der Waals surface area contributed by atoms with Crippen LogP contribution in [0.3, 0.4) is 0 Å².